The van der Waals surface area contributed by atoms with Gasteiger partial charge in [-0.25, -0.2) is 0 Å². The fourth-order valence-corrected chi connectivity index (χ4v) is 2.06. The third kappa shape index (κ3) is 7.46. The second-order valence-electron chi connectivity index (χ2n) is 5.29. The zero-order chi connectivity index (χ0) is 15.7. The summed E-state index contributed by atoms with van der Waals surface area (Å²) in [5.74, 6) is -0.337. The lowest BCUT2D eigenvalue weighted by Crippen LogP contribution is -2.44. The van der Waals surface area contributed by atoms with Crippen molar-refractivity contribution in [2.45, 2.75) is 32.9 Å². The molecule has 0 aromatic heterocycles. The van der Waals surface area contributed by atoms with Crippen LogP contribution in [-0.4, -0.2) is 42.9 Å². The average molecular weight is 291 g/mol. The Hall–Kier alpha value is -1.88. The molecule has 5 heteroatoms. The molecule has 2 amide bonds. The van der Waals surface area contributed by atoms with E-state index in [4.69, 9.17) is 0 Å². The van der Waals surface area contributed by atoms with Crippen molar-refractivity contribution in [2.24, 2.45) is 0 Å². The topological polar surface area (TPSA) is 61.4 Å². The van der Waals surface area contributed by atoms with Crippen molar-refractivity contribution < 1.29 is 9.59 Å². The highest BCUT2D eigenvalue weighted by atomic mass is 16.2. The molecule has 1 rings (SSSR count). The minimum Gasteiger partial charge on any atom is -0.354 e. The molecule has 1 unspecified atom stereocenters. The summed E-state index contributed by atoms with van der Waals surface area (Å²) in [6.07, 6.45) is 0.877. The summed E-state index contributed by atoms with van der Waals surface area (Å²) in [5.41, 5.74) is 1.28. The maximum Gasteiger partial charge on any atom is 0.242 e. The highest BCUT2D eigenvalue weighted by molar-refractivity contribution is 5.86. The predicted molar refractivity (Wildman–Crippen MR) is 83.7 cm³/mol. The van der Waals surface area contributed by atoms with Gasteiger partial charge in [0.1, 0.15) is 6.04 Å². The van der Waals surface area contributed by atoms with Gasteiger partial charge in [0.15, 0.2) is 0 Å². The van der Waals surface area contributed by atoms with Crippen molar-refractivity contribution in [1.29, 1.82) is 0 Å². The van der Waals surface area contributed by atoms with Gasteiger partial charge in [0.25, 0.3) is 0 Å². The Morgan fingerprint density at radius 1 is 1.24 bits per heavy atom. The first kappa shape index (κ1) is 17.2. The molecular formula is C16H25N3O2. The van der Waals surface area contributed by atoms with Gasteiger partial charge in [0.2, 0.25) is 11.8 Å². The molecule has 0 saturated carbocycles. The smallest absolute Gasteiger partial charge is 0.242 e. The van der Waals surface area contributed by atoms with Crippen molar-refractivity contribution in [3.63, 3.8) is 0 Å². The van der Waals surface area contributed by atoms with Crippen LogP contribution >= 0.6 is 0 Å². The Balaban J connectivity index is 2.16. The van der Waals surface area contributed by atoms with E-state index in [1.165, 1.54) is 12.5 Å². The van der Waals surface area contributed by atoms with Gasteiger partial charge in [-0.15, -0.1) is 0 Å². The Morgan fingerprint density at radius 2 is 1.90 bits per heavy atom. The summed E-state index contributed by atoms with van der Waals surface area (Å²) < 4.78 is 0. The normalized spacial score (nSPS) is 12.0. The maximum absolute atomic E-state index is 11.7. The first-order valence-electron chi connectivity index (χ1n) is 7.26. The summed E-state index contributed by atoms with van der Waals surface area (Å²) in [6, 6.07) is 9.81. The molecule has 0 heterocycles. The Labute approximate surface area is 126 Å². The van der Waals surface area contributed by atoms with Crippen LogP contribution in [0.15, 0.2) is 30.3 Å². The molecule has 0 aliphatic rings. The monoisotopic (exact) mass is 291 g/mol. The second kappa shape index (κ2) is 9.13. The van der Waals surface area contributed by atoms with Gasteiger partial charge in [-0.1, -0.05) is 30.3 Å². The summed E-state index contributed by atoms with van der Waals surface area (Å²) in [5, 5.41) is 5.39. The second-order valence-corrected chi connectivity index (χ2v) is 5.29. The van der Waals surface area contributed by atoms with Crippen LogP contribution in [0.5, 0.6) is 0 Å². The molecule has 1 aromatic carbocycles. The number of amides is 2. The van der Waals surface area contributed by atoms with Gasteiger partial charge in [-0.3, -0.25) is 9.59 Å². The molecule has 1 aromatic rings. The summed E-state index contributed by atoms with van der Waals surface area (Å²) >= 11 is 0. The van der Waals surface area contributed by atoms with Crippen LogP contribution in [0, 0.1) is 0 Å². The van der Waals surface area contributed by atoms with Gasteiger partial charge in [-0.05, 0) is 32.5 Å². The molecule has 0 aliphatic heterocycles. The molecular weight excluding hydrogens is 266 g/mol. The van der Waals surface area contributed by atoms with Crippen molar-refractivity contribution >= 4 is 11.8 Å². The van der Waals surface area contributed by atoms with Crippen LogP contribution in [0.1, 0.15) is 25.8 Å². The first-order chi connectivity index (χ1) is 9.99. The average Bonchev–Trinajstić information content (AvgIpc) is 2.43. The first-order valence-corrected chi connectivity index (χ1v) is 7.26. The molecule has 0 spiro atoms. The zero-order valence-corrected chi connectivity index (χ0v) is 13.1. The van der Waals surface area contributed by atoms with Crippen molar-refractivity contribution in [3.05, 3.63) is 35.9 Å². The molecule has 1 atom stereocenters. The van der Waals surface area contributed by atoms with E-state index in [1.807, 2.05) is 18.2 Å². The number of benzene rings is 1. The third-order valence-corrected chi connectivity index (χ3v) is 3.12. The van der Waals surface area contributed by atoms with E-state index in [-0.39, 0.29) is 11.8 Å². The van der Waals surface area contributed by atoms with E-state index in [1.54, 1.807) is 6.92 Å². The lowest BCUT2D eigenvalue weighted by Gasteiger charge is -2.17. The van der Waals surface area contributed by atoms with Gasteiger partial charge < -0.3 is 15.5 Å². The van der Waals surface area contributed by atoms with Crippen LogP contribution in [-0.2, 0) is 16.1 Å². The minimum absolute atomic E-state index is 0.143. The number of carbonyl (C=O) groups excluding carboxylic acids is 2. The molecule has 2 N–H and O–H groups in total. The van der Waals surface area contributed by atoms with Crippen molar-refractivity contribution in [2.75, 3.05) is 20.1 Å². The van der Waals surface area contributed by atoms with E-state index in [9.17, 15) is 9.59 Å². The van der Waals surface area contributed by atoms with E-state index in [0.717, 1.165) is 19.5 Å². The molecule has 0 saturated heterocycles. The SMILES string of the molecule is CC(=O)NC(C)C(=O)NCCCN(C)Cc1ccccc1. The third-order valence-electron chi connectivity index (χ3n) is 3.12. The Kier molecular flexibility index (Phi) is 7.46. The number of nitrogens with one attached hydrogen (secondary N) is 2. The van der Waals surface area contributed by atoms with E-state index in [2.05, 4.69) is 34.7 Å². The molecule has 5 nitrogen and oxygen atoms in total. The number of carbonyl (C=O) groups is 2. The summed E-state index contributed by atoms with van der Waals surface area (Å²) in [4.78, 5) is 24.7. The van der Waals surface area contributed by atoms with Gasteiger partial charge >= 0.3 is 0 Å². The van der Waals surface area contributed by atoms with Crippen LogP contribution in [0.4, 0.5) is 0 Å². The van der Waals surface area contributed by atoms with E-state index >= 15 is 0 Å². The van der Waals surface area contributed by atoms with Crippen LogP contribution in [0.3, 0.4) is 0 Å². The van der Waals surface area contributed by atoms with Crippen LogP contribution in [0.25, 0.3) is 0 Å². The number of hydrogen-bond acceptors (Lipinski definition) is 3. The Morgan fingerprint density at radius 3 is 2.52 bits per heavy atom. The number of nitrogens with zero attached hydrogens (tertiary/aromatic N) is 1. The quantitative estimate of drug-likeness (QED) is 0.706. The molecule has 116 valence electrons. The molecule has 0 fully saturated rings. The van der Waals surface area contributed by atoms with E-state index in [0.29, 0.717) is 6.54 Å². The lowest BCUT2D eigenvalue weighted by molar-refractivity contribution is -0.127. The van der Waals surface area contributed by atoms with Crippen LogP contribution < -0.4 is 10.6 Å². The molecule has 0 bridgehead atoms. The number of hydrogen-bond donors (Lipinski definition) is 2. The van der Waals surface area contributed by atoms with Crippen LogP contribution in [0.2, 0.25) is 0 Å². The molecule has 0 aliphatic carbocycles. The van der Waals surface area contributed by atoms with Gasteiger partial charge in [-0.2, -0.15) is 0 Å². The molecule has 0 radical (unpaired) electrons. The van der Waals surface area contributed by atoms with Crippen molar-refractivity contribution in [1.82, 2.24) is 15.5 Å². The Bertz CT molecular complexity index is 448. The largest absolute Gasteiger partial charge is 0.354 e. The molecule has 21 heavy (non-hydrogen) atoms. The maximum atomic E-state index is 11.7. The fraction of sp³-hybridized carbons (Fsp3) is 0.500. The summed E-state index contributed by atoms with van der Waals surface area (Å²) in [7, 11) is 2.06. The zero-order valence-electron chi connectivity index (χ0n) is 13.1. The minimum atomic E-state index is -0.482. The van der Waals surface area contributed by atoms with Gasteiger partial charge in [0, 0.05) is 20.0 Å². The van der Waals surface area contributed by atoms with Gasteiger partial charge in [0.05, 0.1) is 0 Å². The predicted octanol–water partition coefficient (Wildman–Crippen LogP) is 1.15. The highest BCUT2D eigenvalue weighted by Crippen LogP contribution is 2.02. The summed E-state index contributed by atoms with van der Waals surface area (Å²) in [6.45, 7) is 5.50. The lowest BCUT2D eigenvalue weighted by atomic mass is 10.2. The van der Waals surface area contributed by atoms with E-state index < -0.39 is 6.04 Å². The highest BCUT2D eigenvalue weighted by Gasteiger charge is 2.12. The fourth-order valence-electron chi connectivity index (χ4n) is 2.06. The standard InChI is InChI=1S/C16H25N3O2/c1-13(18-14(2)20)16(21)17-10-7-11-19(3)12-15-8-5-4-6-9-15/h4-6,8-9,13H,7,10-12H2,1-3H3,(H,17,21)(H,18,20). The number of rotatable bonds is 8. The van der Waals surface area contributed by atoms with Crippen molar-refractivity contribution in [3.8, 4) is 0 Å².